The molecule has 7 rings (SSSR count). The van der Waals surface area contributed by atoms with Crippen molar-refractivity contribution < 1.29 is 29.0 Å². The average Bonchev–Trinajstić information content (AvgIpc) is 3.81. The van der Waals surface area contributed by atoms with Gasteiger partial charge in [0.1, 0.15) is 0 Å². The fourth-order valence-electron chi connectivity index (χ4n) is 5.16. The molecule has 2 aromatic carbocycles. The van der Waals surface area contributed by atoms with Crippen LogP contribution in [0.25, 0.3) is 68.6 Å². The molecule has 0 atom stereocenters. The molecule has 7 heteroatoms. The van der Waals surface area contributed by atoms with Gasteiger partial charge in [-0.3, -0.25) is 0 Å². The van der Waals surface area contributed by atoms with E-state index in [0.29, 0.717) is 5.56 Å². The average molecular weight is 598 g/mol. The molecule has 0 spiro atoms. The van der Waals surface area contributed by atoms with Crippen LogP contribution in [0.5, 0.6) is 0 Å². The summed E-state index contributed by atoms with van der Waals surface area (Å²) < 4.78 is 4.89. The Morgan fingerprint density at radius 1 is 0.643 bits per heavy atom. The third-order valence-electron chi connectivity index (χ3n) is 7.20. The number of hydrogen-bond acceptors (Lipinski definition) is 4. The standard InChI is InChI=1S/C35H25N4O2.Zn/c1-21-3-5-22(6-4-21)33-29-15-13-27(37-29)19-25-11-12-26(36-25)20-28-14-16-30(38-28)34(32-18-17-31(33)39-32)23-7-9-24(10-8-23)35(40)41-2;/h3-20H,1-2H3,(H-,36,37,38,39,40);/q-1;+2/p-1. The normalized spacial score (nSPS) is 11.8. The number of carbonyl (C=O) groups is 1. The number of nitrogens with zero attached hydrogens (tertiary/aromatic N) is 4. The summed E-state index contributed by atoms with van der Waals surface area (Å²) in [6.07, 6.45) is 8.01. The SMILES string of the molecule is COC(=O)c1ccc(-c2c3nc(cc4ccc(cc5nc(c(-c6ccc(C)cc6)c6ccc2[n-]6)C=C5)[n-]4)C=C3)cc1.[Zn+2]. The van der Waals surface area contributed by atoms with E-state index in [1.165, 1.54) is 12.7 Å². The van der Waals surface area contributed by atoms with Crippen LogP contribution >= 0.6 is 0 Å². The van der Waals surface area contributed by atoms with Crippen molar-refractivity contribution in [2.45, 2.75) is 6.92 Å². The van der Waals surface area contributed by atoms with Crippen molar-refractivity contribution in [1.29, 1.82) is 0 Å². The number of aryl methyl sites for hydroxylation is 1. The van der Waals surface area contributed by atoms with Gasteiger partial charge < -0.3 is 14.7 Å². The molecule has 3 aromatic heterocycles. The Bertz CT molecular complexity index is 2050. The molecule has 6 nitrogen and oxygen atoms in total. The number of esters is 1. The van der Waals surface area contributed by atoms with E-state index in [4.69, 9.17) is 24.7 Å². The van der Waals surface area contributed by atoms with Crippen LogP contribution in [0, 0.1) is 6.92 Å². The zero-order valence-electron chi connectivity index (χ0n) is 23.2. The summed E-state index contributed by atoms with van der Waals surface area (Å²) in [6.45, 7) is 2.08. The maximum absolute atomic E-state index is 12.1. The van der Waals surface area contributed by atoms with Crippen molar-refractivity contribution in [3.8, 4) is 22.3 Å². The van der Waals surface area contributed by atoms with Crippen LogP contribution in [0.15, 0.2) is 84.9 Å². The van der Waals surface area contributed by atoms with Crippen molar-refractivity contribution in [1.82, 2.24) is 19.9 Å². The third-order valence-corrected chi connectivity index (χ3v) is 7.20. The number of benzene rings is 2. The predicted molar refractivity (Wildman–Crippen MR) is 164 cm³/mol. The first kappa shape index (κ1) is 27.3. The molecule has 5 heterocycles. The van der Waals surface area contributed by atoms with Gasteiger partial charge in [-0.1, -0.05) is 78.4 Å². The fraction of sp³-hybridized carbons (Fsp3) is 0.0571. The third kappa shape index (κ3) is 5.15. The van der Waals surface area contributed by atoms with Crippen LogP contribution in [0.1, 0.15) is 38.7 Å². The Labute approximate surface area is 255 Å². The molecule has 2 aliphatic rings. The van der Waals surface area contributed by atoms with Gasteiger partial charge in [0.2, 0.25) is 0 Å². The van der Waals surface area contributed by atoms with Crippen LogP contribution in [-0.4, -0.2) is 23.0 Å². The van der Waals surface area contributed by atoms with Crippen LogP contribution in [0.3, 0.4) is 0 Å². The molecular formula is C35H24N4O2Zn. The molecule has 0 N–H and O–H groups in total. The Morgan fingerprint density at radius 2 is 1.14 bits per heavy atom. The summed E-state index contributed by atoms with van der Waals surface area (Å²) in [5.74, 6) is -0.380. The molecule has 0 amide bonds. The number of rotatable bonds is 3. The summed E-state index contributed by atoms with van der Waals surface area (Å²) in [4.78, 5) is 31.9. The minimum Gasteiger partial charge on any atom is -0.658 e. The molecule has 0 saturated heterocycles. The Hall–Kier alpha value is -4.87. The van der Waals surface area contributed by atoms with E-state index < -0.39 is 0 Å². The van der Waals surface area contributed by atoms with Crippen molar-refractivity contribution in [3.63, 3.8) is 0 Å². The number of aromatic nitrogens is 4. The molecule has 42 heavy (non-hydrogen) atoms. The summed E-state index contributed by atoms with van der Waals surface area (Å²) in [6, 6.07) is 27.7. The molecule has 8 bridgehead atoms. The van der Waals surface area contributed by atoms with Gasteiger partial charge in [-0.05, 0) is 65.6 Å². The Balaban J connectivity index is 0.00000316. The summed E-state index contributed by atoms with van der Waals surface area (Å²) >= 11 is 0. The van der Waals surface area contributed by atoms with Crippen molar-refractivity contribution >= 4 is 52.3 Å². The number of methoxy groups -OCH3 is 1. The molecule has 0 fully saturated rings. The minimum absolute atomic E-state index is 0. The van der Waals surface area contributed by atoms with Gasteiger partial charge in [-0.2, -0.15) is 0 Å². The van der Waals surface area contributed by atoms with Crippen molar-refractivity contribution in [2.24, 2.45) is 0 Å². The van der Waals surface area contributed by atoms with Gasteiger partial charge in [-0.25, -0.2) is 14.8 Å². The minimum atomic E-state index is -0.380. The van der Waals surface area contributed by atoms with Crippen LogP contribution in [0.4, 0.5) is 0 Å². The van der Waals surface area contributed by atoms with Crippen LogP contribution < -0.4 is 9.97 Å². The van der Waals surface area contributed by atoms with E-state index in [1.54, 1.807) is 12.1 Å². The van der Waals surface area contributed by atoms with E-state index in [1.807, 2.05) is 72.8 Å². The molecule has 2 aliphatic heterocycles. The Kier molecular flexibility index (Phi) is 7.28. The van der Waals surface area contributed by atoms with Crippen molar-refractivity contribution in [2.75, 3.05) is 7.11 Å². The monoisotopic (exact) mass is 596 g/mol. The maximum atomic E-state index is 12.1. The second-order valence-corrected chi connectivity index (χ2v) is 9.99. The van der Waals surface area contributed by atoms with E-state index in [9.17, 15) is 4.79 Å². The first-order valence-corrected chi connectivity index (χ1v) is 13.3. The first-order valence-electron chi connectivity index (χ1n) is 13.3. The van der Waals surface area contributed by atoms with Gasteiger partial charge >= 0.3 is 25.4 Å². The summed E-state index contributed by atoms with van der Waals surface area (Å²) in [7, 11) is 1.38. The zero-order chi connectivity index (χ0) is 27.9. The van der Waals surface area contributed by atoms with Gasteiger partial charge in [0.25, 0.3) is 0 Å². The zero-order valence-corrected chi connectivity index (χ0v) is 26.2. The largest absolute Gasteiger partial charge is 2.00 e. The second kappa shape index (κ2) is 11.2. The first-order chi connectivity index (χ1) is 20.0. The molecule has 5 aromatic rings. The molecule has 0 unspecified atom stereocenters. The molecule has 198 valence electrons. The summed E-state index contributed by atoms with van der Waals surface area (Å²) in [5.41, 5.74) is 11.9. The quantitative estimate of drug-likeness (QED) is 0.157. The van der Waals surface area contributed by atoms with Gasteiger partial charge in [0, 0.05) is 0 Å². The topological polar surface area (TPSA) is 80.3 Å². The Morgan fingerprint density at radius 3 is 1.64 bits per heavy atom. The smallest absolute Gasteiger partial charge is 0.658 e. The predicted octanol–water partition coefficient (Wildman–Crippen LogP) is 7.34. The number of hydrogen-bond donors (Lipinski definition) is 0. The van der Waals surface area contributed by atoms with E-state index in [0.717, 1.165) is 67.1 Å². The maximum Gasteiger partial charge on any atom is 2.00 e. The number of fused-ring (bicyclic) bond motifs is 8. The fourth-order valence-corrected chi connectivity index (χ4v) is 5.16. The van der Waals surface area contributed by atoms with E-state index in [-0.39, 0.29) is 25.4 Å². The van der Waals surface area contributed by atoms with Crippen LogP contribution in [-0.2, 0) is 24.2 Å². The molecule has 0 radical (unpaired) electrons. The van der Waals surface area contributed by atoms with Gasteiger partial charge in [0.05, 0.1) is 35.4 Å². The molecular weight excluding hydrogens is 574 g/mol. The summed E-state index contributed by atoms with van der Waals surface area (Å²) in [5, 5.41) is 0. The number of ether oxygens (including phenoxy) is 1. The van der Waals surface area contributed by atoms with Gasteiger partial charge in [0.15, 0.2) is 0 Å². The van der Waals surface area contributed by atoms with Gasteiger partial charge in [-0.15, -0.1) is 22.1 Å². The van der Waals surface area contributed by atoms with E-state index >= 15 is 0 Å². The number of carbonyl (C=O) groups excluding carboxylic acids is 1. The molecule has 0 aliphatic carbocycles. The molecule has 0 saturated carbocycles. The van der Waals surface area contributed by atoms with Crippen LogP contribution in [0.2, 0.25) is 0 Å². The van der Waals surface area contributed by atoms with Crippen molar-refractivity contribution in [3.05, 3.63) is 119 Å². The second-order valence-electron chi connectivity index (χ2n) is 9.99. The van der Waals surface area contributed by atoms with E-state index in [2.05, 4.69) is 31.2 Å².